The normalized spacial score (nSPS) is 11.8. The van der Waals surface area contributed by atoms with Crippen LogP contribution < -0.4 is 11.0 Å². The lowest BCUT2D eigenvalue weighted by molar-refractivity contribution is 0.574. The Morgan fingerprint density at radius 2 is 2.00 bits per heavy atom. The predicted octanol–water partition coefficient (Wildman–Crippen LogP) is 3.86. The maximum atomic E-state index is 12.6. The Hall–Kier alpha value is -2.89. The average molecular weight is 351 g/mol. The predicted molar refractivity (Wildman–Crippen MR) is 107 cm³/mol. The van der Waals surface area contributed by atoms with Gasteiger partial charge in [-0.25, -0.2) is 10.4 Å². The highest BCUT2D eigenvalue weighted by Crippen LogP contribution is 2.19. The largest absolute Gasteiger partial charge is 0.346 e. The lowest BCUT2D eigenvalue weighted by Gasteiger charge is -2.13. The van der Waals surface area contributed by atoms with E-state index >= 15 is 0 Å². The van der Waals surface area contributed by atoms with E-state index < -0.39 is 0 Å². The van der Waals surface area contributed by atoms with Gasteiger partial charge in [-0.05, 0) is 52.8 Å². The van der Waals surface area contributed by atoms with Gasteiger partial charge in [-0.2, -0.15) is 5.10 Å². The first kappa shape index (κ1) is 17.9. The number of hydrogen-bond acceptors (Lipinski definition) is 4. The SMILES string of the molecule is CCn1c(N/N=C\c2cc(C)n(C(C)C)c2C)nc2ccccc2c1=O. The number of nitrogens with one attached hydrogen (secondary N) is 1. The summed E-state index contributed by atoms with van der Waals surface area (Å²) in [5.41, 5.74) is 6.97. The van der Waals surface area contributed by atoms with Crippen LogP contribution in [-0.4, -0.2) is 20.3 Å². The van der Waals surface area contributed by atoms with Crippen molar-refractivity contribution in [2.24, 2.45) is 5.10 Å². The second-order valence-electron chi connectivity index (χ2n) is 6.66. The van der Waals surface area contributed by atoms with Crippen LogP contribution in [0.4, 0.5) is 5.95 Å². The molecular formula is C20H25N5O. The van der Waals surface area contributed by atoms with Crippen molar-refractivity contribution in [2.75, 3.05) is 5.43 Å². The molecule has 3 aromatic rings. The molecule has 6 heteroatoms. The molecule has 1 N–H and O–H groups in total. The molecule has 0 unspecified atom stereocenters. The Morgan fingerprint density at radius 1 is 1.27 bits per heavy atom. The first-order valence-electron chi connectivity index (χ1n) is 8.91. The number of nitrogens with zero attached hydrogens (tertiary/aromatic N) is 4. The molecule has 1 aromatic carbocycles. The van der Waals surface area contributed by atoms with Crippen LogP contribution in [-0.2, 0) is 6.54 Å². The second kappa shape index (κ2) is 7.15. The molecule has 0 bridgehead atoms. The molecule has 0 amide bonds. The number of anilines is 1. The van der Waals surface area contributed by atoms with Crippen LogP contribution in [0.3, 0.4) is 0 Å². The summed E-state index contributed by atoms with van der Waals surface area (Å²) in [5, 5.41) is 4.95. The third-order valence-corrected chi connectivity index (χ3v) is 4.59. The van der Waals surface area contributed by atoms with E-state index in [2.05, 4.69) is 53.8 Å². The van der Waals surface area contributed by atoms with Crippen molar-refractivity contribution in [3.05, 3.63) is 57.6 Å². The molecule has 2 aromatic heterocycles. The van der Waals surface area contributed by atoms with Gasteiger partial charge in [0.1, 0.15) is 0 Å². The number of hydrazone groups is 1. The molecule has 6 nitrogen and oxygen atoms in total. The molecule has 0 atom stereocenters. The van der Waals surface area contributed by atoms with Crippen molar-refractivity contribution in [3.63, 3.8) is 0 Å². The van der Waals surface area contributed by atoms with Crippen molar-refractivity contribution >= 4 is 23.1 Å². The third kappa shape index (κ3) is 3.14. The first-order chi connectivity index (χ1) is 12.4. The minimum Gasteiger partial charge on any atom is -0.346 e. The fourth-order valence-electron chi connectivity index (χ4n) is 3.43. The molecule has 26 heavy (non-hydrogen) atoms. The summed E-state index contributed by atoms with van der Waals surface area (Å²) < 4.78 is 3.87. The standard InChI is InChI=1S/C20H25N5O/c1-6-24-19(26)17-9-7-8-10-18(17)22-20(24)23-21-12-16-11-14(4)25(13(2)3)15(16)5/h7-13H,6H2,1-5H3,(H,22,23)/b21-12-. The summed E-state index contributed by atoms with van der Waals surface area (Å²) in [7, 11) is 0. The molecule has 0 aliphatic rings. The Balaban J connectivity index is 1.94. The van der Waals surface area contributed by atoms with E-state index in [4.69, 9.17) is 0 Å². The van der Waals surface area contributed by atoms with Gasteiger partial charge in [-0.1, -0.05) is 12.1 Å². The Labute approximate surface area is 153 Å². The van der Waals surface area contributed by atoms with Crippen molar-refractivity contribution in [2.45, 2.75) is 47.2 Å². The smallest absolute Gasteiger partial charge is 0.262 e. The van der Waals surface area contributed by atoms with E-state index in [9.17, 15) is 4.79 Å². The van der Waals surface area contributed by atoms with E-state index in [1.165, 1.54) is 11.4 Å². The number of aryl methyl sites for hydroxylation is 1. The summed E-state index contributed by atoms with van der Waals surface area (Å²) in [6.07, 6.45) is 1.78. The van der Waals surface area contributed by atoms with Gasteiger partial charge in [0.05, 0.1) is 17.1 Å². The van der Waals surface area contributed by atoms with Gasteiger partial charge >= 0.3 is 0 Å². The zero-order valence-electron chi connectivity index (χ0n) is 15.9. The molecular weight excluding hydrogens is 326 g/mol. The van der Waals surface area contributed by atoms with Crippen LogP contribution >= 0.6 is 0 Å². The monoisotopic (exact) mass is 351 g/mol. The maximum absolute atomic E-state index is 12.6. The summed E-state index contributed by atoms with van der Waals surface area (Å²) in [5.74, 6) is 0.449. The molecule has 2 heterocycles. The van der Waals surface area contributed by atoms with Crippen LogP contribution in [0, 0.1) is 13.8 Å². The quantitative estimate of drug-likeness (QED) is 0.561. The van der Waals surface area contributed by atoms with E-state index in [0.717, 1.165) is 5.56 Å². The Morgan fingerprint density at radius 3 is 2.65 bits per heavy atom. The van der Waals surface area contributed by atoms with Crippen LogP contribution in [0.5, 0.6) is 0 Å². The van der Waals surface area contributed by atoms with E-state index in [0.29, 0.717) is 29.4 Å². The second-order valence-corrected chi connectivity index (χ2v) is 6.66. The lowest BCUT2D eigenvalue weighted by Crippen LogP contribution is -2.23. The summed E-state index contributed by atoms with van der Waals surface area (Å²) >= 11 is 0. The highest BCUT2D eigenvalue weighted by atomic mass is 16.1. The van der Waals surface area contributed by atoms with Gasteiger partial charge in [0.2, 0.25) is 5.95 Å². The molecule has 0 spiro atoms. The zero-order valence-corrected chi connectivity index (χ0v) is 15.9. The highest BCUT2D eigenvalue weighted by molar-refractivity contribution is 5.82. The molecule has 0 fully saturated rings. The number of fused-ring (bicyclic) bond motifs is 1. The molecule has 0 saturated heterocycles. The highest BCUT2D eigenvalue weighted by Gasteiger charge is 2.11. The summed E-state index contributed by atoms with van der Waals surface area (Å²) in [4.78, 5) is 17.2. The Bertz CT molecular complexity index is 1030. The molecule has 0 saturated carbocycles. The van der Waals surface area contributed by atoms with E-state index in [-0.39, 0.29) is 5.56 Å². The van der Waals surface area contributed by atoms with Gasteiger partial charge in [0, 0.05) is 29.5 Å². The number of aromatic nitrogens is 3. The zero-order chi connectivity index (χ0) is 18.8. The fourth-order valence-corrected chi connectivity index (χ4v) is 3.43. The van der Waals surface area contributed by atoms with E-state index in [1.54, 1.807) is 16.8 Å². The number of hydrogen-bond donors (Lipinski definition) is 1. The van der Waals surface area contributed by atoms with Crippen molar-refractivity contribution in [1.82, 2.24) is 14.1 Å². The van der Waals surface area contributed by atoms with Crippen molar-refractivity contribution in [1.29, 1.82) is 0 Å². The molecule has 0 radical (unpaired) electrons. The minimum absolute atomic E-state index is 0.0613. The van der Waals surface area contributed by atoms with Crippen LogP contribution in [0.25, 0.3) is 10.9 Å². The molecule has 3 rings (SSSR count). The van der Waals surface area contributed by atoms with Crippen molar-refractivity contribution in [3.8, 4) is 0 Å². The van der Waals surface area contributed by atoms with Gasteiger partial charge < -0.3 is 4.57 Å². The summed E-state index contributed by atoms with van der Waals surface area (Å²) in [6.45, 7) is 11.0. The third-order valence-electron chi connectivity index (χ3n) is 4.59. The number of rotatable bonds is 5. The van der Waals surface area contributed by atoms with E-state index in [1.807, 2.05) is 25.1 Å². The number of benzene rings is 1. The van der Waals surface area contributed by atoms with Gasteiger partial charge in [-0.3, -0.25) is 9.36 Å². The van der Waals surface area contributed by atoms with Gasteiger partial charge in [0.15, 0.2) is 0 Å². The average Bonchev–Trinajstić information content (AvgIpc) is 2.89. The van der Waals surface area contributed by atoms with Gasteiger partial charge in [0.25, 0.3) is 5.56 Å². The lowest BCUT2D eigenvalue weighted by atomic mass is 10.2. The fraction of sp³-hybridized carbons (Fsp3) is 0.350. The molecule has 0 aliphatic carbocycles. The molecule has 0 aliphatic heterocycles. The van der Waals surface area contributed by atoms with Crippen LogP contribution in [0.1, 0.15) is 43.8 Å². The Kier molecular flexibility index (Phi) is 4.93. The van der Waals surface area contributed by atoms with Crippen molar-refractivity contribution < 1.29 is 0 Å². The van der Waals surface area contributed by atoms with Crippen LogP contribution in [0.15, 0.2) is 40.2 Å². The molecule has 136 valence electrons. The van der Waals surface area contributed by atoms with Gasteiger partial charge in [-0.15, -0.1) is 0 Å². The van der Waals surface area contributed by atoms with Crippen LogP contribution in [0.2, 0.25) is 0 Å². The number of para-hydroxylation sites is 1. The maximum Gasteiger partial charge on any atom is 0.262 e. The summed E-state index contributed by atoms with van der Waals surface area (Å²) in [6, 6.07) is 9.87. The first-order valence-corrected chi connectivity index (χ1v) is 8.91. The topological polar surface area (TPSA) is 64.2 Å². The minimum atomic E-state index is -0.0613.